The lowest BCUT2D eigenvalue weighted by atomic mass is 9.45. The molecular weight excluding hydrogens is 403 g/mol. The van der Waals surface area contributed by atoms with Gasteiger partial charge in [0.05, 0.1) is 12.2 Å². The number of allylic oxidation sites excluding steroid dienone is 1. The molecule has 3 saturated carbocycles. The Balaban J connectivity index is 1.61. The summed E-state index contributed by atoms with van der Waals surface area (Å²) in [6.07, 6.45) is 0.872. The zero-order valence-corrected chi connectivity index (χ0v) is 18.7. The lowest BCUT2D eigenvalue weighted by molar-refractivity contribution is -0.228. The van der Waals surface area contributed by atoms with Gasteiger partial charge in [-0.1, -0.05) is 13.8 Å². The molecule has 1 saturated heterocycles. The standard InChI is InChI=1S/C24H33FO6/c1-21(2)30-19-9-14-13-8-16(25)15-7-12(27)5-6-22(15,3)20(13)17(28)10-23(14,4)24(19,31-21)18(29)11-26/h7,13-14,16-17,19-20,26,28H,5-6,8-11H2,1-4H3/t13?,14-,16-,17?,19+,20?,22-,23-,24+/m0/s1. The molecule has 0 radical (unpaired) electrons. The Hall–Kier alpha value is -1.15. The van der Waals surface area contributed by atoms with Crippen molar-refractivity contribution < 1.29 is 33.7 Å². The third-order valence-corrected chi connectivity index (χ3v) is 9.42. The molecule has 9 atom stereocenters. The van der Waals surface area contributed by atoms with Crippen molar-refractivity contribution >= 4 is 11.6 Å². The average Bonchev–Trinajstić information content (AvgIpc) is 3.08. The molecule has 0 aromatic heterocycles. The van der Waals surface area contributed by atoms with Crippen molar-refractivity contribution in [2.45, 2.75) is 89.6 Å². The van der Waals surface area contributed by atoms with Crippen LogP contribution in [0.3, 0.4) is 0 Å². The van der Waals surface area contributed by atoms with Gasteiger partial charge in [-0.3, -0.25) is 9.59 Å². The van der Waals surface area contributed by atoms with E-state index in [4.69, 9.17) is 9.47 Å². The van der Waals surface area contributed by atoms with Crippen LogP contribution in [0, 0.1) is 28.6 Å². The summed E-state index contributed by atoms with van der Waals surface area (Å²) >= 11 is 0. The lowest BCUT2D eigenvalue weighted by Gasteiger charge is -2.61. The first-order valence-electron chi connectivity index (χ1n) is 11.5. The second kappa shape index (κ2) is 6.46. The summed E-state index contributed by atoms with van der Waals surface area (Å²) < 4.78 is 27.9. The highest BCUT2D eigenvalue weighted by Gasteiger charge is 2.77. The van der Waals surface area contributed by atoms with Crippen molar-refractivity contribution in [1.82, 2.24) is 0 Å². The molecule has 1 aliphatic heterocycles. The van der Waals surface area contributed by atoms with Gasteiger partial charge in [0, 0.05) is 11.8 Å². The fourth-order valence-corrected chi connectivity index (χ4v) is 8.41. The van der Waals surface area contributed by atoms with Gasteiger partial charge in [-0.2, -0.15) is 0 Å². The van der Waals surface area contributed by atoms with Crippen LogP contribution in [-0.2, 0) is 19.1 Å². The summed E-state index contributed by atoms with van der Waals surface area (Å²) in [7, 11) is 0. The van der Waals surface area contributed by atoms with Crippen molar-refractivity contribution in [1.29, 1.82) is 0 Å². The van der Waals surface area contributed by atoms with Crippen molar-refractivity contribution in [3.05, 3.63) is 11.6 Å². The number of fused-ring (bicyclic) bond motifs is 7. The molecule has 172 valence electrons. The number of Topliss-reactive ketones (excluding diaryl/α,β-unsaturated/α-hetero) is 1. The topological polar surface area (TPSA) is 93.1 Å². The minimum absolute atomic E-state index is 0.0457. The number of ketones is 2. The Labute approximate surface area is 182 Å². The Bertz CT molecular complexity index is 868. The maximum atomic E-state index is 15.5. The molecule has 0 bridgehead atoms. The average molecular weight is 437 g/mol. The number of aliphatic hydroxyl groups excluding tert-OH is 2. The molecule has 0 aromatic rings. The maximum absolute atomic E-state index is 15.5. The third-order valence-electron chi connectivity index (χ3n) is 9.42. The number of hydrogen-bond acceptors (Lipinski definition) is 6. The largest absolute Gasteiger partial charge is 0.393 e. The SMILES string of the molecule is CC1(C)O[C@@H]2C[C@H]3C4C[C@H](F)C5=CC(=O)CC[C@]5(C)C4C(O)C[C@]3(C)[C@]2(C(=O)CO)O1. The van der Waals surface area contributed by atoms with Crippen LogP contribution in [0.25, 0.3) is 0 Å². The van der Waals surface area contributed by atoms with E-state index in [-0.39, 0.29) is 30.0 Å². The smallest absolute Gasteiger partial charge is 0.193 e. The molecule has 0 amide bonds. The number of hydrogen-bond donors (Lipinski definition) is 2. The van der Waals surface area contributed by atoms with Gasteiger partial charge in [-0.05, 0) is 74.3 Å². The number of rotatable bonds is 2. The van der Waals surface area contributed by atoms with Gasteiger partial charge in [0.15, 0.2) is 23.0 Å². The normalized spacial score (nSPS) is 52.6. The summed E-state index contributed by atoms with van der Waals surface area (Å²) in [4.78, 5) is 25.2. The van der Waals surface area contributed by atoms with Crippen molar-refractivity contribution in [2.24, 2.45) is 28.6 Å². The first-order chi connectivity index (χ1) is 14.4. The van der Waals surface area contributed by atoms with Crippen molar-refractivity contribution in [3.63, 3.8) is 0 Å². The highest BCUT2D eigenvalue weighted by Crippen LogP contribution is 2.70. The Morgan fingerprint density at radius 3 is 2.65 bits per heavy atom. The van der Waals surface area contributed by atoms with Gasteiger partial charge in [0.2, 0.25) is 0 Å². The first kappa shape index (κ1) is 21.7. The summed E-state index contributed by atoms with van der Waals surface area (Å²) in [5.41, 5.74) is -2.19. The van der Waals surface area contributed by atoms with Crippen LogP contribution in [-0.4, -0.2) is 58.2 Å². The molecule has 1 heterocycles. The van der Waals surface area contributed by atoms with E-state index in [2.05, 4.69) is 0 Å². The van der Waals surface area contributed by atoms with E-state index in [1.54, 1.807) is 13.8 Å². The quantitative estimate of drug-likeness (QED) is 0.691. The van der Waals surface area contributed by atoms with Gasteiger partial charge < -0.3 is 19.7 Å². The summed E-state index contributed by atoms with van der Waals surface area (Å²) in [5.74, 6) is -1.90. The van der Waals surface area contributed by atoms with Crippen molar-refractivity contribution in [3.8, 4) is 0 Å². The van der Waals surface area contributed by atoms with Gasteiger partial charge >= 0.3 is 0 Å². The number of carbonyl (C=O) groups is 2. The molecule has 6 nitrogen and oxygen atoms in total. The van der Waals surface area contributed by atoms with E-state index in [9.17, 15) is 19.8 Å². The van der Waals surface area contributed by atoms with Crippen LogP contribution < -0.4 is 0 Å². The van der Waals surface area contributed by atoms with E-state index in [1.807, 2.05) is 13.8 Å². The second-order valence-corrected chi connectivity index (χ2v) is 11.3. The highest BCUT2D eigenvalue weighted by atomic mass is 19.1. The van der Waals surface area contributed by atoms with E-state index >= 15 is 4.39 Å². The summed E-state index contributed by atoms with van der Waals surface area (Å²) in [6, 6.07) is 0. The predicted molar refractivity (Wildman–Crippen MR) is 109 cm³/mol. The number of ether oxygens (including phenoxy) is 2. The van der Waals surface area contributed by atoms with Gasteiger partial charge in [-0.15, -0.1) is 0 Å². The van der Waals surface area contributed by atoms with Gasteiger partial charge in [0.25, 0.3) is 0 Å². The van der Waals surface area contributed by atoms with Gasteiger partial charge in [0.1, 0.15) is 12.8 Å². The van der Waals surface area contributed by atoms with Crippen LogP contribution >= 0.6 is 0 Å². The van der Waals surface area contributed by atoms with Crippen molar-refractivity contribution in [2.75, 3.05) is 6.61 Å². The van der Waals surface area contributed by atoms with Gasteiger partial charge in [-0.25, -0.2) is 4.39 Å². The van der Waals surface area contributed by atoms with Crippen LogP contribution in [0.15, 0.2) is 11.6 Å². The van der Waals surface area contributed by atoms with Crippen LogP contribution in [0.2, 0.25) is 0 Å². The fraction of sp³-hybridized carbons (Fsp3) is 0.833. The lowest BCUT2D eigenvalue weighted by Crippen LogP contribution is -2.64. The van der Waals surface area contributed by atoms with Crippen LogP contribution in [0.1, 0.15) is 59.8 Å². The number of halogens is 1. The molecule has 0 spiro atoms. The maximum Gasteiger partial charge on any atom is 0.193 e. The minimum Gasteiger partial charge on any atom is -0.393 e. The molecule has 5 rings (SSSR count). The minimum atomic E-state index is -1.35. The Morgan fingerprint density at radius 1 is 1.26 bits per heavy atom. The molecular formula is C24H33FO6. The zero-order valence-electron chi connectivity index (χ0n) is 18.7. The Morgan fingerprint density at radius 2 is 1.97 bits per heavy atom. The number of carbonyl (C=O) groups excluding carboxylic acids is 2. The molecule has 7 heteroatoms. The fourth-order valence-electron chi connectivity index (χ4n) is 8.41. The van der Waals surface area contributed by atoms with Crippen LogP contribution in [0.4, 0.5) is 4.39 Å². The van der Waals surface area contributed by atoms with E-state index in [0.717, 1.165) is 0 Å². The van der Waals surface area contributed by atoms with E-state index in [1.165, 1.54) is 6.08 Å². The summed E-state index contributed by atoms with van der Waals surface area (Å²) in [6.45, 7) is 6.78. The number of alkyl halides is 1. The summed E-state index contributed by atoms with van der Waals surface area (Å²) in [5, 5.41) is 21.3. The molecule has 5 aliphatic rings. The molecule has 4 fully saturated rings. The van der Waals surface area contributed by atoms with Crippen LogP contribution in [0.5, 0.6) is 0 Å². The first-order valence-corrected chi connectivity index (χ1v) is 11.5. The molecule has 3 unspecified atom stereocenters. The molecule has 2 N–H and O–H groups in total. The monoisotopic (exact) mass is 436 g/mol. The predicted octanol–water partition coefficient (Wildman–Crippen LogP) is 2.50. The molecule has 0 aromatic carbocycles. The zero-order chi connectivity index (χ0) is 22.6. The molecule has 31 heavy (non-hydrogen) atoms. The van der Waals surface area contributed by atoms with E-state index in [0.29, 0.717) is 31.3 Å². The third kappa shape index (κ3) is 2.58. The Kier molecular flexibility index (Phi) is 4.52. The molecule has 4 aliphatic carbocycles. The van der Waals surface area contributed by atoms with E-state index < -0.39 is 53.0 Å². The highest BCUT2D eigenvalue weighted by molar-refractivity contribution is 5.92. The second-order valence-electron chi connectivity index (χ2n) is 11.3. The number of aliphatic hydroxyl groups is 2.